The third kappa shape index (κ3) is 3.01. The highest BCUT2D eigenvalue weighted by molar-refractivity contribution is 9.10. The van der Waals surface area contributed by atoms with E-state index in [0.717, 1.165) is 0 Å². The van der Waals surface area contributed by atoms with E-state index in [1.54, 1.807) is 19.9 Å². The summed E-state index contributed by atoms with van der Waals surface area (Å²) in [6.07, 6.45) is 1.42. The summed E-state index contributed by atoms with van der Waals surface area (Å²) < 4.78 is 18.5. The average molecular weight is 339 g/mol. The lowest BCUT2D eigenvalue weighted by Gasteiger charge is -2.07. The van der Waals surface area contributed by atoms with Crippen molar-refractivity contribution < 1.29 is 13.9 Å². The Balaban J connectivity index is 2.40. The molecule has 1 aromatic heterocycles. The number of halogens is 2. The second-order valence-corrected chi connectivity index (χ2v) is 4.89. The van der Waals surface area contributed by atoms with Crippen LogP contribution < -0.4 is 0 Å². The first-order valence-electron chi connectivity index (χ1n) is 5.99. The Kier molecular flexibility index (Phi) is 4.44. The number of carbonyl (C=O) groups is 1. The Bertz CT molecular complexity index is 662. The lowest BCUT2D eigenvalue weighted by molar-refractivity contribution is 0.0524. The zero-order chi connectivity index (χ0) is 14.7. The Morgan fingerprint density at radius 1 is 1.45 bits per heavy atom. The molecule has 0 unspecified atom stereocenters. The van der Waals surface area contributed by atoms with E-state index in [2.05, 4.69) is 25.9 Å². The minimum atomic E-state index is -0.449. The van der Waals surface area contributed by atoms with Crippen molar-refractivity contribution >= 4 is 21.9 Å². The Labute approximate surface area is 124 Å². The van der Waals surface area contributed by atoms with Crippen molar-refractivity contribution in [3.05, 3.63) is 45.9 Å². The molecule has 1 aromatic carbocycles. The SMILES string of the molecule is CCOC(=O)c1cnc(-c2ccc(F)cc2Br)nc1C. The largest absolute Gasteiger partial charge is 0.462 e. The van der Waals surface area contributed by atoms with Crippen LogP contribution in [0.15, 0.2) is 28.9 Å². The Morgan fingerprint density at radius 3 is 2.80 bits per heavy atom. The van der Waals surface area contributed by atoms with E-state index in [-0.39, 0.29) is 5.82 Å². The number of hydrogen-bond acceptors (Lipinski definition) is 4. The van der Waals surface area contributed by atoms with Gasteiger partial charge in [-0.3, -0.25) is 0 Å². The fraction of sp³-hybridized carbons (Fsp3) is 0.214. The summed E-state index contributed by atoms with van der Waals surface area (Å²) in [6, 6.07) is 4.25. The molecule has 0 bridgehead atoms. The van der Waals surface area contributed by atoms with E-state index in [9.17, 15) is 9.18 Å². The number of carbonyl (C=O) groups excluding carboxylic acids is 1. The maximum absolute atomic E-state index is 13.1. The van der Waals surface area contributed by atoms with Crippen LogP contribution in [0.5, 0.6) is 0 Å². The highest BCUT2D eigenvalue weighted by Gasteiger charge is 2.14. The molecule has 0 atom stereocenters. The summed E-state index contributed by atoms with van der Waals surface area (Å²) in [7, 11) is 0. The molecule has 0 aliphatic carbocycles. The molecule has 0 radical (unpaired) electrons. The first-order chi connectivity index (χ1) is 9.52. The molecule has 6 heteroatoms. The zero-order valence-corrected chi connectivity index (χ0v) is 12.6. The number of nitrogens with zero attached hydrogens (tertiary/aromatic N) is 2. The van der Waals surface area contributed by atoms with Crippen LogP contribution in [0.3, 0.4) is 0 Å². The van der Waals surface area contributed by atoms with Crippen LogP contribution in [0, 0.1) is 12.7 Å². The standard InChI is InChI=1S/C14H12BrFN2O2/c1-3-20-14(19)11-7-17-13(18-8(11)2)10-5-4-9(16)6-12(10)15/h4-7H,3H2,1-2H3. The van der Waals surface area contributed by atoms with Gasteiger partial charge in [-0.1, -0.05) is 0 Å². The van der Waals surface area contributed by atoms with Crippen LogP contribution >= 0.6 is 15.9 Å². The second-order valence-electron chi connectivity index (χ2n) is 4.04. The van der Waals surface area contributed by atoms with Gasteiger partial charge >= 0.3 is 5.97 Å². The third-order valence-corrected chi connectivity index (χ3v) is 3.30. The summed E-state index contributed by atoms with van der Waals surface area (Å²) in [6.45, 7) is 3.73. The van der Waals surface area contributed by atoms with Crippen LogP contribution in [-0.2, 0) is 4.74 Å². The molecule has 0 saturated heterocycles. The molecule has 4 nitrogen and oxygen atoms in total. The molecular formula is C14H12BrFN2O2. The van der Waals surface area contributed by atoms with Gasteiger partial charge < -0.3 is 4.74 Å². The summed E-state index contributed by atoms with van der Waals surface area (Å²) in [5.41, 5.74) is 1.50. The molecule has 2 aromatic rings. The maximum atomic E-state index is 13.1. The minimum absolute atomic E-state index is 0.295. The first kappa shape index (κ1) is 14.6. The normalized spacial score (nSPS) is 10.4. The summed E-state index contributed by atoms with van der Waals surface area (Å²) in [5, 5.41) is 0. The second kappa shape index (κ2) is 6.09. The van der Waals surface area contributed by atoms with Gasteiger partial charge in [-0.15, -0.1) is 0 Å². The zero-order valence-electron chi connectivity index (χ0n) is 11.0. The van der Waals surface area contributed by atoms with Crippen molar-refractivity contribution in [1.29, 1.82) is 0 Å². The average Bonchev–Trinajstić information content (AvgIpc) is 2.38. The summed E-state index contributed by atoms with van der Waals surface area (Å²) in [4.78, 5) is 20.1. The fourth-order valence-electron chi connectivity index (χ4n) is 1.68. The molecule has 0 aliphatic rings. The van der Waals surface area contributed by atoms with Crippen molar-refractivity contribution in [2.24, 2.45) is 0 Å². The van der Waals surface area contributed by atoms with Crippen molar-refractivity contribution in [3.8, 4) is 11.4 Å². The number of hydrogen-bond donors (Lipinski definition) is 0. The smallest absolute Gasteiger partial charge is 0.341 e. The van der Waals surface area contributed by atoms with E-state index in [1.165, 1.54) is 18.3 Å². The predicted octanol–water partition coefficient (Wildman–Crippen LogP) is 3.53. The highest BCUT2D eigenvalue weighted by atomic mass is 79.9. The quantitative estimate of drug-likeness (QED) is 0.803. The van der Waals surface area contributed by atoms with Crippen molar-refractivity contribution in [2.45, 2.75) is 13.8 Å². The Hall–Kier alpha value is -1.82. The maximum Gasteiger partial charge on any atom is 0.341 e. The van der Waals surface area contributed by atoms with Gasteiger partial charge in [0.05, 0.1) is 17.9 Å². The monoisotopic (exact) mass is 338 g/mol. The first-order valence-corrected chi connectivity index (χ1v) is 6.78. The van der Waals surface area contributed by atoms with E-state index >= 15 is 0 Å². The van der Waals surface area contributed by atoms with Crippen LogP contribution in [-0.4, -0.2) is 22.5 Å². The van der Waals surface area contributed by atoms with Crippen molar-refractivity contribution in [1.82, 2.24) is 9.97 Å². The van der Waals surface area contributed by atoms with E-state index in [0.29, 0.717) is 33.7 Å². The summed E-state index contributed by atoms with van der Waals surface area (Å²) in [5.74, 6) is -0.377. The van der Waals surface area contributed by atoms with Crippen LogP contribution in [0.1, 0.15) is 23.0 Å². The molecule has 0 N–H and O–H groups in total. The third-order valence-electron chi connectivity index (χ3n) is 2.65. The highest BCUT2D eigenvalue weighted by Crippen LogP contribution is 2.26. The molecule has 0 aliphatic heterocycles. The molecule has 20 heavy (non-hydrogen) atoms. The van der Waals surface area contributed by atoms with Gasteiger partial charge in [-0.2, -0.15) is 0 Å². The van der Waals surface area contributed by atoms with Gasteiger partial charge in [0, 0.05) is 16.2 Å². The summed E-state index contributed by atoms with van der Waals surface area (Å²) >= 11 is 3.27. The van der Waals surface area contributed by atoms with E-state index < -0.39 is 5.97 Å². The van der Waals surface area contributed by atoms with E-state index in [1.807, 2.05) is 0 Å². The number of benzene rings is 1. The molecule has 0 amide bonds. The molecule has 0 fully saturated rings. The number of rotatable bonds is 3. The van der Waals surface area contributed by atoms with Crippen LogP contribution in [0.4, 0.5) is 4.39 Å². The topological polar surface area (TPSA) is 52.1 Å². The predicted molar refractivity (Wildman–Crippen MR) is 75.8 cm³/mol. The van der Waals surface area contributed by atoms with Gasteiger partial charge in [-0.25, -0.2) is 19.2 Å². The minimum Gasteiger partial charge on any atom is -0.462 e. The number of esters is 1. The Morgan fingerprint density at radius 2 is 2.20 bits per heavy atom. The van der Waals surface area contributed by atoms with Gasteiger partial charge in [0.2, 0.25) is 0 Å². The van der Waals surface area contributed by atoms with Gasteiger partial charge in [0.1, 0.15) is 5.82 Å². The lowest BCUT2D eigenvalue weighted by Crippen LogP contribution is -2.09. The molecule has 104 valence electrons. The molecule has 2 rings (SSSR count). The molecular weight excluding hydrogens is 327 g/mol. The van der Waals surface area contributed by atoms with Gasteiger partial charge in [-0.05, 0) is 48.0 Å². The van der Waals surface area contributed by atoms with Gasteiger partial charge in [0.25, 0.3) is 0 Å². The number of aromatic nitrogens is 2. The molecule has 1 heterocycles. The molecule has 0 saturated carbocycles. The fourth-order valence-corrected chi connectivity index (χ4v) is 2.21. The van der Waals surface area contributed by atoms with Gasteiger partial charge in [0.15, 0.2) is 5.82 Å². The van der Waals surface area contributed by atoms with Crippen LogP contribution in [0.2, 0.25) is 0 Å². The van der Waals surface area contributed by atoms with Crippen molar-refractivity contribution in [3.63, 3.8) is 0 Å². The molecule has 0 spiro atoms. The van der Waals surface area contributed by atoms with E-state index in [4.69, 9.17) is 4.74 Å². The van der Waals surface area contributed by atoms with Crippen LogP contribution in [0.25, 0.3) is 11.4 Å². The number of aryl methyl sites for hydroxylation is 1. The lowest BCUT2D eigenvalue weighted by atomic mass is 10.2. The number of ether oxygens (including phenoxy) is 1. The van der Waals surface area contributed by atoms with Crippen molar-refractivity contribution in [2.75, 3.05) is 6.61 Å².